The lowest BCUT2D eigenvalue weighted by Gasteiger charge is -2.27. The van der Waals surface area contributed by atoms with Gasteiger partial charge in [0, 0.05) is 24.7 Å². The number of aromatic nitrogens is 4. The second-order valence-electron chi connectivity index (χ2n) is 7.69. The molecule has 2 fully saturated rings. The Morgan fingerprint density at radius 3 is 2.63 bits per heavy atom. The zero-order valence-corrected chi connectivity index (χ0v) is 15.7. The second kappa shape index (κ2) is 8.37. The maximum Gasteiger partial charge on any atom is 0.227 e. The number of aliphatic hydroxyl groups excluding tert-OH is 1. The maximum absolute atomic E-state index is 9.02. The number of nitrogens with zero attached hydrogens (tertiary/aromatic N) is 4. The number of hydrogen-bond donors (Lipinski definition) is 5. The van der Waals surface area contributed by atoms with Crippen molar-refractivity contribution in [1.29, 1.82) is 0 Å². The SMILES string of the molecule is N[C@H]1CC[C@H](Nc2nc(NNCCO)c3ncn(C4CCCC4)c3n2)CC1. The van der Waals surface area contributed by atoms with Crippen LogP contribution >= 0.6 is 0 Å². The fraction of sp³-hybridized carbons (Fsp3) is 0.722. The molecule has 2 aliphatic carbocycles. The molecule has 9 nitrogen and oxygen atoms in total. The first-order valence-corrected chi connectivity index (χ1v) is 10.1. The van der Waals surface area contributed by atoms with Crippen LogP contribution in [-0.2, 0) is 0 Å². The predicted molar refractivity (Wildman–Crippen MR) is 105 cm³/mol. The maximum atomic E-state index is 9.02. The minimum absolute atomic E-state index is 0.0468. The lowest BCUT2D eigenvalue weighted by atomic mass is 9.92. The molecule has 6 N–H and O–H groups in total. The molecule has 0 aliphatic heterocycles. The monoisotopic (exact) mass is 374 g/mol. The molecule has 2 heterocycles. The molecule has 4 rings (SSSR count). The van der Waals surface area contributed by atoms with Crippen molar-refractivity contribution < 1.29 is 5.11 Å². The van der Waals surface area contributed by atoms with Crippen LogP contribution in [0.4, 0.5) is 11.8 Å². The zero-order chi connectivity index (χ0) is 18.6. The van der Waals surface area contributed by atoms with Gasteiger partial charge in [-0.25, -0.2) is 10.4 Å². The van der Waals surface area contributed by atoms with Gasteiger partial charge in [0.2, 0.25) is 5.95 Å². The quantitative estimate of drug-likeness (QED) is 0.365. The summed E-state index contributed by atoms with van der Waals surface area (Å²) in [5, 5.41) is 12.5. The van der Waals surface area contributed by atoms with E-state index >= 15 is 0 Å². The third-order valence-electron chi connectivity index (χ3n) is 5.69. The Kier molecular flexibility index (Phi) is 5.70. The molecular weight excluding hydrogens is 344 g/mol. The van der Waals surface area contributed by atoms with Crippen LogP contribution in [0.15, 0.2) is 6.33 Å². The Morgan fingerprint density at radius 2 is 1.89 bits per heavy atom. The van der Waals surface area contributed by atoms with Crippen molar-refractivity contribution in [2.45, 2.75) is 69.5 Å². The third kappa shape index (κ3) is 4.15. The first-order chi connectivity index (χ1) is 13.2. The molecule has 0 amide bonds. The highest BCUT2D eigenvalue weighted by atomic mass is 16.3. The normalized spacial score (nSPS) is 23.8. The van der Waals surface area contributed by atoms with E-state index in [-0.39, 0.29) is 6.61 Å². The van der Waals surface area contributed by atoms with Crippen molar-refractivity contribution in [2.24, 2.45) is 5.73 Å². The molecule has 2 aromatic heterocycles. The lowest BCUT2D eigenvalue weighted by molar-refractivity contribution is 0.296. The average molecular weight is 374 g/mol. The predicted octanol–water partition coefficient (Wildman–Crippen LogP) is 1.53. The van der Waals surface area contributed by atoms with E-state index in [1.165, 1.54) is 25.7 Å². The summed E-state index contributed by atoms with van der Waals surface area (Å²) in [6.07, 6.45) is 10.9. The van der Waals surface area contributed by atoms with Crippen molar-refractivity contribution in [1.82, 2.24) is 24.9 Å². The molecule has 9 heteroatoms. The van der Waals surface area contributed by atoms with Crippen molar-refractivity contribution in [3.63, 3.8) is 0 Å². The molecule has 0 saturated heterocycles. The molecule has 0 bridgehead atoms. The summed E-state index contributed by atoms with van der Waals surface area (Å²) in [7, 11) is 0. The lowest BCUT2D eigenvalue weighted by Crippen LogP contribution is -2.33. The highest BCUT2D eigenvalue weighted by molar-refractivity contribution is 5.84. The van der Waals surface area contributed by atoms with Crippen LogP contribution in [-0.4, -0.2) is 49.9 Å². The van der Waals surface area contributed by atoms with Crippen molar-refractivity contribution in [3.8, 4) is 0 Å². The number of nitrogens with one attached hydrogen (secondary N) is 3. The highest BCUT2D eigenvalue weighted by Crippen LogP contribution is 2.33. The van der Waals surface area contributed by atoms with Gasteiger partial charge in [-0.15, -0.1) is 0 Å². The van der Waals surface area contributed by atoms with Gasteiger partial charge in [-0.1, -0.05) is 12.8 Å². The van der Waals surface area contributed by atoms with Crippen LogP contribution in [0.3, 0.4) is 0 Å². The fourth-order valence-electron chi connectivity index (χ4n) is 4.17. The smallest absolute Gasteiger partial charge is 0.227 e. The fourth-order valence-corrected chi connectivity index (χ4v) is 4.17. The third-order valence-corrected chi connectivity index (χ3v) is 5.69. The summed E-state index contributed by atoms with van der Waals surface area (Å²) in [4.78, 5) is 14.0. The van der Waals surface area contributed by atoms with Gasteiger partial charge in [0.1, 0.15) is 0 Å². The summed E-state index contributed by atoms with van der Waals surface area (Å²) in [6.45, 7) is 0.475. The molecule has 27 heavy (non-hydrogen) atoms. The first kappa shape index (κ1) is 18.4. The standard InChI is InChI=1S/C18H30N8O/c19-12-5-7-13(8-6-12)22-18-23-16(25-21-9-10-27)15-17(24-18)26(11-20-15)14-3-1-2-4-14/h11-14,21,27H,1-10,19H2,(H2,22,23,24,25)/t12-,13-. The molecule has 2 saturated carbocycles. The molecule has 2 aromatic rings. The Hall–Kier alpha value is -1.97. The van der Waals surface area contributed by atoms with E-state index in [0.717, 1.165) is 36.8 Å². The number of hydrazine groups is 1. The van der Waals surface area contributed by atoms with Gasteiger partial charge < -0.3 is 26.1 Å². The summed E-state index contributed by atoms with van der Waals surface area (Å²) in [5.41, 5.74) is 13.7. The molecular formula is C18H30N8O. The number of anilines is 2. The van der Waals surface area contributed by atoms with Crippen molar-refractivity contribution in [3.05, 3.63) is 6.33 Å². The van der Waals surface area contributed by atoms with Gasteiger partial charge in [0.25, 0.3) is 0 Å². The van der Waals surface area contributed by atoms with E-state index in [9.17, 15) is 0 Å². The summed E-state index contributed by atoms with van der Waals surface area (Å²) in [6, 6.07) is 1.13. The molecule has 0 atom stereocenters. The molecule has 0 radical (unpaired) electrons. The first-order valence-electron chi connectivity index (χ1n) is 10.1. The molecule has 2 aliphatic rings. The van der Waals surface area contributed by atoms with E-state index < -0.39 is 0 Å². The Morgan fingerprint density at radius 1 is 1.11 bits per heavy atom. The van der Waals surface area contributed by atoms with Crippen LogP contribution in [0.5, 0.6) is 0 Å². The number of hydrogen-bond acceptors (Lipinski definition) is 8. The Labute approximate surface area is 159 Å². The largest absolute Gasteiger partial charge is 0.395 e. The topological polar surface area (TPSA) is 126 Å². The van der Waals surface area contributed by atoms with Gasteiger partial charge in [0.05, 0.1) is 12.9 Å². The van der Waals surface area contributed by atoms with Crippen molar-refractivity contribution >= 4 is 22.9 Å². The van der Waals surface area contributed by atoms with E-state index in [1.54, 1.807) is 0 Å². The minimum atomic E-state index is 0.0468. The van der Waals surface area contributed by atoms with Gasteiger partial charge >= 0.3 is 0 Å². The zero-order valence-electron chi connectivity index (χ0n) is 15.7. The van der Waals surface area contributed by atoms with Crippen LogP contribution in [0, 0.1) is 0 Å². The number of rotatable bonds is 7. The van der Waals surface area contributed by atoms with E-state index in [4.69, 9.17) is 15.8 Å². The second-order valence-corrected chi connectivity index (χ2v) is 7.69. The van der Waals surface area contributed by atoms with E-state index in [1.807, 2.05) is 6.33 Å². The van der Waals surface area contributed by atoms with Gasteiger partial charge in [0.15, 0.2) is 17.0 Å². The molecule has 0 aromatic carbocycles. The summed E-state index contributed by atoms with van der Waals surface area (Å²) < 4.78 is 2.20. The van der Waals surface area contributed by atoms with Crippen LogP contribution < -0.4 is 21.9 Å². The Balaban J connectivity index is 1.62. The number of nitrogens with two attached hydrogens (primary N) is 1. The number of fused-ring (bicyclic) bond motifs is 1. The van der Waals surface area contributed by atoms with Crippen LogP contribution in [0.25, 0.3) is 11.2 Å². The van der Waals surface area contributed by atoms with Gasteiger partial charge in [-0.3, -0.25) is 0 Å². The summed E-state index contributed by atoms with van der Waals surface area (Å²) >= 11 is 0. The Bertz CT molecular complexity index is 749. The van der Waals surface area contributed by atoms with Gasteiger partial charge in [-0.2, -0.15) is 9.97 Å². The summed E-state index contributed by atoms with van der Waals surface area (Å²) in [5.74, 6) is 1.26. The van der Waals surface area contributed by atoms with Crippen LogP contribution in [0.2, 0.25) is 0 Å². The molecule has 0 unspecified atom stereocenters. The highest BCUT2D eigenvalue weighted by Gasteiger charge is 2.23. The van der Waals surface area contributed by atoms with Gasteiger partial charge in [-0.05, 0) is 38.5 Å². The van der Waals surface area contributed by atoms with E-state index in [0.29, 0.717) is 36.4 Å². The van der Waals surface area contributed by atoms with E-state index in [2.05, 4.69) is 30.7 Å². The molecule has 0 spiro atoms. The number of imidazole rings is 1. The average Bonchev–Trinajstić information content (AvgIpc) is 3.33. The van der Waals surface area contributed by atoms with Crippen LogP contribution in [0.1, 0.15) is 57.4 Å². The van der Waals surface area contributed by atoms with Crippen molar-refractivity contribution in [2.75, 3.05) is 23.9 Å². The number of aliphatic hydroxyl groups is 1. The molecule has 148 valence electrons. The minimum Gasteiger partial charge on any atom is -0.395 e.